The van der Waals surface area contributed by atoms with Crippen LogP contribution in [-0.2, 0) is 10.2 Å². The first-order chi connectivity index (χ1) is 8.74. The molecule has 2 heteroatoms. The number of carboxylic acids is 1. The van der Waals surface area contributed by atoms with Gasteiger partial charge in [-0.3, -0.25) is 4.79 Å². The van der Waals surface area contributed by atoms with Gasteiger partial charge >= 0.3 is 5.97 Å². The van der Waals surface area contributed by atoms with E-state index in [-0.39, 0.29) is 0 Å². The highest BCUT2D eigenvalue weighted by Gasteiger charge is 2.47. The number of carbonyl (C=O) groups is 1. The molecule has 1 N–H and O–H groups in total. The number of rotatable bonds is 3. The summed E-state index contributed by atoms with van der Waals surface area (Å²) in [5.41, 5.74) is 1.85. The average molecular weight is 244 g/mol. The van der Waals surface area contributed by atoms with Crippen molar-refractivity contribution in [3.05, 3.63) is 35.4 Å². The van der Waals surface area contributed by atoms with Crippen LogP contribution >= 0.6 is 0 Å². The van der Waals surface area contributed by atoms with Crippen LogP contribution in [0.1, 0.15) is 62.0 Å². The first-order valence-electron chi connectivity index (χ1n) is 7.07. The van der Waals surface area contributed by atoms with Crippen LogP contribution in [0.4, 0.5) is 0 Å². The van der Waals surface area contributed by atoms with E-state index in [1.54, 1.807) is 0 Å². The lowest BCUT2D eigenvalue weighted by atomic mass is 9.62. The van der Waals surface area contributed by atoms with Crippen LogP contribution in [0.2, 0.25) is 0 Å². The lowest BCUT2D eigenvalue weighted by Gasteiger charge is -2.40. The molecule has 2 nitrogen and oxygen atoms in total. The summed E-state index contributed by atoms with van der Waals surface area (Å²) in [6.45, 7) is 0. The predicted octanol–water partition coefficient (Wildman–Crippen LogP) is 3.85. The third-order valence-electron chi connectivity index (χ3n) is 4.89. The molecule has 18 heavy (non-hydrogen) atoms. The summed E-state index contributed by atoms with van der Waals surface area (Å²) < 4.78 is 0. The molecular formula is C16H20O2. The average Bonchev–Trinajstić information content (AvgIpc) is 2.81. The van der Waals surface area contributed by atoms with Crippen molar-refractivity contribution in [2.45, 2.75) is 56.3 Å². The predicted molar refractivity (Wildman–Crippen MR) is 70.8 cm³/mol. The summed E-state index contributed by atoms with van der Waals surface area (Å²) in [5, 5.41) is 9.60. The quantitative estimate of drug-likeness (QED) is 0.876. The molecule has 0 aromatic heterocycles. The second-order valence-corrected chi connectivity index (χ2v) is 5.81. The van der Waals surface area contributed by atoms with Gasteiger partial charge in [-0.05, 0) is 42.7 Å². The van der Waals surface area contributed by atoms with Crippen molar-refractivity contribution in [3.63, 3.8) is 0 Å². The molecule has 0 atom stereocenters. The Morgan fingerprint density at radius 1 is 1.11 bits per heavy atom. The molecule has 0 bridgehead atoms. The van der Waals surface area contributed by atoms with E-state index in [0.717, 1.165) is 24.8 Å². The van der Waals surface area contributed by atoms with Crippen LogP contribution in [0.25, 0.3) is 0 Å². The molecule has 1 aromatic rings. The van der Waals surface area contributed by atoms with Crippen molar-refractivity contribution in [1.82, 2.24) is 0 Å². The fourth-order valence-electron chi connectivity index (χ4n) is 3.65. The number of hydrogen-bond acceptors (Lipinski definition) is 1. The van der Waals surface area contributed by atoms with E-state index in [9.17, 15) is 9.90 Å². The van der Waals surface area contributed by atoms with Crippen LogP contribution in [0.3, 0.4) is 0 Å². The number of hydrogen-bond donors (Lipinski definition) is 1. The van der Waals surface area contributed by atoms with Crippen LogP contribution in [0.15, 0.2) is 24.3 Å². The molecule has 0 aliphatic heterocycles. The Morgan fingerprint density at radius 2 is 1.78 bits per heavy atom. The molecule has 0 spiro atoms. The van der Waals surface area contributed by atoms with Crippen molar-refractivity contribution in [3.8, 4) is 0 Å². The standard InChI is InChI=1S/C16H20O2/c17-15(18)16(10-5-11-16)14-9-4-3-8-13(14)12-6-1-2-7-12/h3-4,8-9,12H,1-2,5-7,10-11H2,(H,17,18). The maximum absolute atomic E-state index is 11.7. The minimum absolute atomic E-state index is 0.570. The minimum atomic E-state index is -0.626. The summed E-state index contributed by atoms with van der Waals surface area (Å²) in [4.78, 5) is 11.7. The second kappa shape index (κ2) is 4.42. The van der Waals surface area contributed by atoms with Crippen molar-refractivity contribution in [2.24, 2.45) is 0 Å². The molecule has 2 aliphatic rings. The molecule has 2 fully saturated rings. The molecule has 2 aliphatic carbocycles. The lowest BCUT2D eigenvalue weighted by molar-refractivity contribution is -0.147. The molecule has 1 aromatic carbocycles. The van der Waals surface area contributed by atoms with Gasteiger partial charge in [0.1, 0.15) is 0 Å². The third-order valence-corrected chi connectivity index (χ3v) is 4.89. The van der Waals surface area contributed by atoms with Crippen molar-refractivity contribution in [2.75, 3.05) is 0 Å². The van der Waals surface area contributed by atoms with E-state index < -0.39 is 11.4 Å². The molecule has 0 saturated heterocycles. The van der Waals surface area contributed by atoms with Gasteiger partial charge in [0.05, 0.1) is 5.41 Å². The van der Waals surface area contributed by atoms with E-state index in [1.807, 2.05) is 6.07 Å². The van der Waals surface area contributed by atoms with Gasteiger partial charge in [-0.2, -0.15) is 0 Å². The summed E-state index contributed by atoms with van der Waals surface area (Å²) in [6.07, 6.45) is 7.71. The molecule has 3 rings (SSSR count). The Hall–Kier alpha value is -1.31. The highest BCUT2D eigenvalue weighted by Crippen LogP contribution is 2.48. The minimum Gasteiger partial charge on any atom is -0.481 e. The second-order valence-electron chi connectivity index (χ2n) is 5.81. The molecule has 0 radical (unpaired) electrons. The Labute approximate surface area is 108 Å². The van der Waals surface area contributed by atoms with Crippen LogP contribution in [0.5, 0.6) is 0 Å². The maximum Gasteiger partial charge on any atom is 0.314 e. The zero-order chi connectivity index (χ0) is 12.6. The Kier molecular flexibility index (Phi) is 2.89. The zero-order valence-electron chi connectivity index (χ0n) is 10.7. The summed E-state index contributed by atoms with van der Waals surface area (Å²) in [7, 11) is 0. The van der Waals surface area contributed by atoms with Gasteiger partial charge in [0.15, 0.2) is 0 Å². The monoisotopic (exact) mass is 244 g/mol. The number of aliphatic carboxylic acids is 1. The SMILES string of the molecule is O=C(O)C1(c2ccccc2C2CCCC2)CCC1. The highest BCUT2D eigenvalue weighted by molar-refractivity contribution is 5.83. The molecule has 0 unspecified atom stereocenters. The van der Waals surface area contributed by atoms with E-state index in [4.69, 9.17) is 0 Å². The van der Waals surface area contributed by atoms with E-state index in [2.05, 4.69) is 18.2 Å². The Morgan fingerprint density at radius 3 is 2.33 bits per heavy atom. The summed E-state index contributed by atoms with van der Waals surface area (Å²) >= 11 is 0. The largest absolute Gasteiger partial charge is 0.481 e. The number of carboxylic acid groups (broad SMARTS) is 1. The van der Waals surface area contributed by atoms with E-state index >= 15 is 0 Å². The maximum atomic E-state index is 11.7. The first-order valence-corrected chi connectivity index (χ1v) is 7.07. The molecule has 0 heterocycles. The summed E-state index contributed by atoms with van der Waals surface area (Å²) in [6, 6.07) is 8.28. The van der Waals surface area contributed by atoms with Crippen LogP contribution in [-0.4, -0.2) is 11.1 Å². The van der Waals surface area contributed by atoms with Gasteiger partial charge < -0.3 is 5.11 Å². The topological polar surface area (TPSA) is 37.3 Å². The van der Waals surface area contributed by atoms with Gasteiger partial charge in [0.25, 0.3) is 0 Å². The highest BCUT2D eigenvalue weighted by atomic mass is 16.4. The smallest absolute Gasteiger partial charge is 0.314 e. The van der Waals surface area contributed by atoms with E-state index in [0.29, 0.717) is 5.92 Å². The number of benzene rings is 1. The normalized spacial score (nSPS) is 22.7. The Bertz CT molecular complexity index is 454. The van der Waals surface area contributed by atoms with Crippen molar-refractivity contribution >= 4 is 5.97 Å². The molecule has 96 valence electrons. The van der Waals surface area contributed by atoms with Crippen LogP contribution in [0, 0.1) is 0 Å². The van der Waals surface area contributed by atoms with Crippen molar-refractivity contribution in [1.29, 1.82) is 0 Å². The lowest BCUT2D eigenvalue weighted by Crippen LogP contribution is -2.43. The summed E-state index contributed by atoms with van der Waals surface area (Å²) in [5.74, 6) is -0.0304. The van der Waals surface area contributed by atoms with Gasteiger partial charge in [-0.15, -0.1) is 0 Å². The fraction of sp³-hybridized carbons (Fsp3) is 0.562. The van der Waals surface area contributed by atoms with Crippen LogP contribution < -0.4 is 0 Å². The first kappa shape index (κ1) is 11.8. The molecule has 2 saturated carbocycles. The van der Waals surface area contributed by atoms with Gasteiger partial charge in [-0.25, -0.2) is 0 Å². The third kappa shape index (κ3) is 1.66. The van der Waals surface area contributed by atoms with Gasteiger partial charge in [0, 0.05) is 0 Å². The zero-order valence-corrected chi connectivity index (χ0v) is 10.7. The Balaban J connectivity index is 2.03. The fourth-order valence-corrected chi connectivity index (χ4v) is 3.65. The molecular weight excluding hydrogens is 224 g/mol. The van der Waals surface area contributed by atoms with Gasteiger partial charge in [0.2, 0.25) is 0 Å². The van der Waals surface area contributed by atoms with E-state index in [1.165, 1.54) is 31.2 Å². The molecule has 0 amide bonds. The van der Waals surface area contributed by atoms with Gasteiger partial charge in [-0.1, -0.05) is 43.5 Å². The van der Waals surface area contributed by atoms with Crippen molar-refractivity contribution < 1.29 is 9.90 Å².